The van der Waals surface area contributed by atoms with Crippen molar-refractivity contribution in [1.29, 1.82) is 0 Å². The minimum Gasteiger partial charge on any atom is -0.479 e. The third-order valence-corrected chi connectivity index (χ3v) is 2.77. The van der Waals surface area contributed by atoms with Crippen molar-refractivity contribution >= 4 is 21.9 Å². The lowest BCUT2D eigenvalue weighted by Crippen LogP contribution is -2.30. The predicted octanol–water partition coefficient (Wildman–Crippen LogP) is 3.19. The van der Waals surface area contributed by atoms with Gasteiger partial charge in [-0.25, -0.2) is 9.18 Å². The number of carboxylic acid groups (broad SMARTS) is 1. The molecule has 0 bridgehead atoms. The molecule has 1 N–H and O–H groups in total. The fraction of sp³-hybridized carbons (Fsp3) is 0.364. The molecule has 0 heterocycles. The number of aryl methyl sites for hydroxylation is 1. The van der Waals surface area contributed by atoms with Gasteiger partial charge in [0.1, 0.15) is 0 Å². The third kappa shape index (κ3) is 3.63. The minimum atomic E-state index is -2.15. The summed E-state index contributed by atoms with van der Waals surface area (Å²) in [5.41, 5.74) is -1.21. The van der Waals surface area contributed by atoms with Gasteiger partial charge >= 0.3 is 5.97 Å². The summed E-state index contributed by atoms with van der Waals surface area (Å²) in [7, 11) is 0. The Bertz CT molecular complexity index is 346. The highest BCUT2D eigenvalue weighted by Gasteiger charge is 2.31. The van der Waals surface area contributed by atoms with E-state index in [2.05, 4.69) is 15.9 Å². The largest absolute Gasteiger partial charge is 0.479 e. The molecule has 0 saturated heterocycles. The summed E-state index contributed by atoms with van der Waals surface area (Å²) in [6.45, 7) is 1.09. The van der Waals surface area contributed by atoms with Crippen LogP contribution in [-0.4, -0.2) is 16.7 Å². The van der Waals surface area contributed by atoms with Crippen LogP contribution < -0.4 is 0 Å². The Morgan fingerprint density at radius 2 is 2.00 bits per heavy atom. The minimum absolute atomic E-state index is 0.00995. The monoisotopic (exact) mass is 274 g/mol. The predicted molar refractivity (Wildman–Crippen MR) is 59.6 cm³/mol. The van der Waals surface area contributed by atoms with E-state index < -0.39 is 11.6 Å². The van der Waals surface area contributed by atoms with E-state index >= 15 is 0 Å². The van der Waals surface area contributed by atoms with Gasteiger partial charge in [-0.05, 0) is 37.5 Å². The Morgan fingerprint density at radius 1 is 1.47 bits per heavy atom. The van der Waals surface area contributed by atoms with E-state index in [-0.39, 0.29) is 6.42 Å². The molecular formula is C11H12BrFO2. The summed E-state index contributed by atoms with van der Waals surface area (Å²) < 4.78 is 14.3. The van der Waals surface area contributed by atoms with Crippen LogP contribution in [0.15, 0.2) is 28.7 Å². The molecule has 0 aliphatic rings. The number of halogens is 2. The summed E-state index contributed by atoms with van der Waals surface area (Å²) in [5, 5.41) is 8.58. The molecule has 2 nitrogen and oxygen atoms in total. The van der Waals surface area contributed by atoms with Gasteiger partial charge in [-0.3, -0.25) is 0 Å². The van der Waals surface area contributed by atoms with E-state index in [1.807, 2.05) is 24.3 Å². The number of aliphatic carboxylic acids is 1. The van der Waals surface area contributed by atoms with Crippen molar-refractivity contribution in [3.63, 3.8) is 0 Å². The molecule has 0 spiro atoms. The molecule has 1 atom stereocenters. The van der Waals surface area contributed by atoms with Crippen LogP contribution in [0.25, 0.3) is 0 Å². The molecule has 0 aliphatic heterocycles. The Kier molecular flexibility index (Phi) is 3.85. The van der Waals surface area contributed by atoms with Crippen LogP contribution in [0.3, 0.4) is 0 Å². The van der Waals surface area contributed by atoms with E-state index in [4.69, 9.17) is 5.11 Å². The number of hydrogen-bond donors (Lipinski definition) is 1. The van der Waals surface area contributed by atoms with E-state index in [0.717, 1.165) is 17.0 Å². The standard InChI is InChI=1S/C11H12BrFO2/c1-11(13,10(14)15)7-6-8-2-4-9(12)5-3-8/h2-5H,6-7H2,1H3,(H,14,15). The molecule has 4 heteroatoms. The highest BCUT2D eigenvalue weighted by atomic mass is 79.9. The maximum absolute atomic E-state index is 13.4. The second-order valence-electron chi connectivity index (χ2n) is 3.63. The molecule has 15 heavy (non-hydrogen) atoms. The van der Waals surface area contributed by atoms with Crippen molar-refractivity contribution in [3.05, 3.63) is 34.3 Å². The second kappa shape index (κ2) is 4.75. The van der Waals surface area contributed by atoms with Crippen molar-refractivity contribution in [1.82, 2.24) is 0 Å². The molecule has 82 valence electrons. The van der Waals surface area contributed by atoms with Crippen LogP contribution in [0.5, 0.6) is 0 Å². The molecule has 0 aromatic heterocycles. The zero-order valence-electron chi connectivity index (χ0n) is 8.34. The van der Waals surface area contributed by atoms with Crippen LogP contribution >= 0.6 is 15.9 Å². The van der Waals surface area contributed by atoms with Gasteiger partial charge in [0.2, 0.25) is 5.67 Å². The summed E-state index contributed by atoms with van der Waals surface area (Å²) in [6.07, 6.45) is 0.413. The van der Waals surface area contributed by atoms with Crippen LogP contribution in [0.2, 0.25) is 0 Å². The van der Waals surface area contributed by atoms with Gasteiger partial charge in [0.15, 0.2) is 0 Å². The molecular weight excluding hydrogens is 263 g/mol. The first-order chi connectivity index (χ1) is 6.92. The van der Waals surface area contributed by atoms with E-state index in [9.17, 15) is 9.18 Å². The average molecular weight is 275 g/mol. The van der Waals surface area contributed by atoms with Crippen molar-refractivity contribution in [2.75, 3.05) is 0 Å². The highest BCUT2D eigenvalue weighted by molar-refractivity contribution is 9.10. The van der Waals surface area contributed by atoms with E-state index in [1.54, 1.807) is 0 Å². The topological polar surface area (TPSA) is 37.3 Å². The quantitative estimate of drug-likeness (QED) is 0.916. The smallest absolute Gasteiger partial charge is 0.341 e. The molecule has 0 saturated carbocycles. The van der Waals surface area contributed by atoms with Gasteiger partial charge < -0.3 is 5.11 Å². The average Bonchev–Trinajstić information content (AvgIpc) is 2.17. The number of carbonyl (C=O) groups is 1. The molecule has 0 amide bonds. The van der Waals surface area contributed by atoms with Crippen LogP contribution in [0, 0.1) is 0 Å². The molecule has 0 fully saturated rings. The second-order valence-corrected chi connectivity index (χ2v) is 4.54. The van der Waals surface area contributed by atoms with Gasteiger partial charge in [-0.2, -0.15) is 0 Å². The van der Waals surface area contributed by atoms with Crippen molar-refractivity contribution < 1.29 is 14.3 Å². The van der Waals surface area contributed by atoms with Crippen LogP contribution in [0.4, 0.5) is 4.39 Å². The Balaban J connectivity index is 2.57. The first kappa shape index (κ1) is 12.2. The lowest BCUT2D eigenvalue weighted by atomic mass is 9.99. The molecule has 1 aromatic rings. The summed E-state index contributed by atoms with van der Waals surface area (Å²) >= 11 is 3.29. The molecule has 0 aliphatic carbocycles. The number of hydrogen-bond acceptors (Lipinski definition) is 1. The summed E-state index contributed by atoms with van der Waals surface area (Å²) in [6, 6.07) is 7.40. The normalized spacial score (nSPS) is 14.6. The summed E-state index contributed by atoms with van der Waals surface area (Å²) in [4.78, 5) is 10.5. The molecule has 0 radical (unpaired) electrons. The zero-order chi connectivity index (χ0) is 11.5. The lowest BCUT2D eigenvalue weighted by Gasteiger charge is -2.14. The number of benzene rings is 1. The number of alkyl halides is 1. The van der Waals surface area contributed by atoms with Gasteiger partial charge in [0.05, 0.1) is 0 Å². The zero-order valence-corrected chi connectivity index (χ0v) is 9.92. The maximum Gasteiger partial charge on any atom is 0.341 e. The Morgan fingerprint density at radius 3 is 2.47 bits per heavy atom. The van der Waals surface area contributed by atoms with Crippen molar-refractivity contribution in [2.24, 2.45) is 0 Å². The van der Waals surface area contributed by atoms with Crippen LogP contribution in [0.1, 0.15) is 18.9 Å². The lowest BCUT2D eigenvalue weighted by molar-refractivity contribution is -0.150. The Labute approximate surface area is 96.2 Å². The molecule has 1 rings (SSSR count). The van der Waals surface area contributed by atoms with Gasteiger partial charge in [-0.1, -0.05) is 28.1 Å². The van der Waals surface area contributed by atoms with Gasteiger partial charge in [0, 0.05) is 4.47 Å². The third-order valence-electron chi connectivity index (χ3n) is 2.24. The number of carboxylic acids is 1. The molecule has 1 unspecified atom stereocenters. The van der Waals surface area contributed by atoms with Gasteiger partial charge in [0.25, 0.3) is 0 Å². The fourth-order valence-corrected chi connectivity index (χ4v) is 1.40. The SMILES string of the molecule is CC(F)(CCc1ccc(Br)cc1)C(=O)O. The fourth-order valence-electron chi connectivity index (χ4n) is 1.14. The van der Waals surface area contributed by atoms with Crippen LogP contribution in [-0.2, 0) is 11.2 Å². The van der Waals surface area contributed by atoms with Crippen molar-refractivity contribution in [2.45, 2.75) is 25.4 Å². The first-order valence-corrected chi connectivity index (χ1v) is 5.38. The van der Waals surface area contributed by atoms with E-state index in [0.29, 0.717) is 6.42 Å². The van der Waals surface area contributed by atoms with Gasteiger partial charge in [-0.15, -0.1) is 0 Å². The number of rotatable bonds is 4. The summed E-state index contributed by atoms with van der Waals surface area (Å²) in [5.74, 6) is -1.40. The molecule has 1 aromatic carbocycles. The van der Waals surface area contributed by atoms with E-state index in [1.165, 1.54) is 0 Å². The van der Waals surface area contributed by atoms with Crippen molar-refractivity contribution in [3.8, 4) is 0 Å². The maximum atomic E-state index is 13.4. The highest BCUT2D eigenvalue weighted by Crippen LogP contribution is 2.19. The Hall–Kier alpha value is -0.900. The first-order valence-electron chi connectivity index (χ1n) is 4.58.